The molecule has 0 bridgehead atoms. The highest BCUT2D eigenvalue weighted by Gasteiger charge is 2.15. The first-order valence-corrected chi connectivity index (χ1v) is 10.2. The highest BCUT2D eigenvalue weighted by atomic mass is 79.9. The molecule has 0 spiro atoms. The van der Waals surface area contributed by atoms with Gasteiger partial charge in [-0.3, -0.25) is 4.79 Å². The molecule has 7 heteroatoms. The fourth-order valence-electron chi connectivity index (χ4n) is 2.69. The van der Waals surface area contributed by atoms with Gasteiger partial charge in [0.2, 0.25) is 11.8 Å². The summed E-state index contributed by atoms with van der Waals surface area (Å²) < 4.78 is 6.70. The lowest BCUT2D eigenvalue weighted by Gasteiger charge is -2.17. The predicted molar refractivity (Wildman–Crippen MR) is 111 cm³/mol. The Bertz CT molecular complexity index is 938. The van der Waals surface area contributed by atoms with E-state index in [0.717, 1.165) is 26.7 Å². The van der Waals surface area contributed by atoms with Crippen molar-refractivity contribution < 1.29 is 9.21 Å². The van der Waals surface area contributed by atoms with Gasteiger partial charge >= 0.3 is 0 Å². The summed E-state index contributed by atoms with van der Waals surface area (Å²) >= 11 is 4.76. The number of hydrogen-bond donors (Lipinski definition) is 0. The van der Waals surface area contributed by atoms with Crippen LogP contribution in [0.2, 0.25) is 0 Å². The molecular formula is C20H20BrN3O2S. The minimum atomic E-state index is 0.00176. The Balaban J connectivity index is 1.59. The molecule has 0 fully saturated rings. The number of aromatic nitrogens is 2. The second-order valence-corrected chi connectivity index (χ2v) is 8.16. The van der Waals surface area contributed by atoms with Crippen LogP contribution in [-0.4, -0.2) is 33.8 Å². The first kappa shape index (κ1) is 19.6. The minimum absolute atomic E-state index is 0.00176. The number of aryl methyl sites for hydroxylation is 2. The van der Waals surface area contributed by atoms with Crippen LogP contribution in [0.3, 0.4) is 0 Å². The Hall–Kier alpha value is -2.12. The van der Waals surface area contributed by atoms with Crippen LogP contribution in [0.1, 0.15) is 16.7 Å². The summed E-state index contributed by atoms with van der Waals surface area (Å²) in [6, 6.07) is 14.0. The maximum absolute atomic E-state index is 12.4. The lowest BCUT2D eigenvalue weighted by molar-refractivity contribution is -0.127. The predicted octanol–water partition coefficient (Wildman–Crippen LogP) is 4.87. The van der Waals surface area contributed by atoms with E-state index in [1.807, 2.05) is 50.2 Å². The van der Waals surface area contributed by atoms with Gasteiger partial charge in [-0.15, -0.1) is 10.2 Å². The lowest BCUT2D eigenvalue weighted by atomic mass is 10.1. The topological polar surface area (TPSA) is 59.2 Å². The van der Waals surface area contributed by atoms with Gasteiger partial charge in [0.05, 0.1) is 5.75 Å². The minimum Gasteiger partial charge on any atom is -0.411 e. The van der Waals surface area contributed by atoms with Crippen LogP contribution >= 0.6 is 27.7 Å². The molecule has 2 aromatic carbocycles. The SMILES string of the molecule is Cc1cc(C)cc(-c2nnc(SCC(=O)N(C)Cc3ccccc3Br)o2)c1. The third-order valence-electron chi connectivity index (χ3n) is 3.99. The number of nitrogens with zero attached hydrogens (tertiary/aromatic N) is 3. The van der Waals surface area contributed by atoms with Crippen molar-refractivity contribution in [2.45, 2.75) is 25.6 Å². The third kappa shape index (κ3) is 5.20. The van der Waals surface area contributed by atoms with Gasteiger partial charge in [-0.1, -0.05) is 63.1 Å². The van der Waals surface area contributed by atoms with Gasteiger partial charge in [-0.05, 0) is 37.6 Å². The van der Waals surface area contributed by atoms with Gasteiger partial charge in [0.1, 0.15) is 0 Å². The summed E-state index contributed by atoms with van der Waals surface area (Å²) in [6.07, 6.45) is 0. The van der Waals surface area contributed by atoms with Gasteiger partial charge < -0.3 is 9.32 Å². The first-order chi connectivity index (χ1) is 12.9. The van der Waals surface area contributed by atoms with Crippen LogP contribution in [0.25, 0.3) is 11.5 Å². The zero-order valence-corrected chi connectivity index (χ0v) is 17.8. The van der Waals surface area contributed by atoms with Crippen LogP contribution < -0.4 is 0 Å². The van der Waals surface area contributed by atoms with E-state index in [2.05, 4.69) is 32.2 Å². The molecule has 140 valence electrons. The summed E-state index contributed by atoms with van der Waals surface area (Å²) in [6.45, 7) is 4.60. The zero-order valence-electron chi connectivity index (χ0n) is 15.4. The van der Waals surface area contributed by atoms with E-state index in [9.17, 15) is 4.79 Å². The number of thioether (sulfide) groups is 1. The van der Waals surface area contributed by atoms with Crippen molar-refractivity contribution in [2.75, 3.05) is 12.8 Å². The first-order valence-electron chi connectivity index (χ1n) is 8.44. The molecule has 0 atom stereocenters. The summed E-state index contributed by atoms with van der Waals surface area (Å²) in [5.74, 6) is 0.718. The number of hydrogen-bond acceptors (Lipinski definition) is 5. The summed E-state index contributed by atoms with van der Waals surface area (Å²) in [4.78, 5) is 14.1. The van der Waals surface area contributed by atoms with Crippen molar-refractivity contribution in [1.29, 1.82) is 0 Å². The van der Waals surface area contributed by atoms with E-state index < -0.39 is 0 Å². The van der Waals surface area contributed by atoms with Crippen LogP contribution in [0, 0.1) is 13.8 Å². The molecule has 1 heterocycles. The van der Waals surface area contributed by atoms with Crippen molar-refractivity contribution in [2.24, 2.45) is 0 Å². The largest absolute Gasteiger partial charge is 0.411 e. The smallest absolute Gasteiger partial charge is 0.277 e. The Morgan fingerprint density at radius 1 is 1.15 bits per heavy atom. The molecule has 1 amide bonds. The highest BCUT2D eigenvalue weighted by Crippen LogP contribution is 2.25. The summed E-state index contributed by atoms with van der Waals surface area (Å²) in [5, 5.41) is 8.55. The Morgan fingerprint density at radius 3 is 2.56 bits per heavy atom. The van der Waals surface area contributed by atoms with Gasteiger partial charge in [0.25, 0.3) is 5.22 Å². The molecule has 0 saturated carbocycles. The van der Waals surface area contributed by atoms with E-state index in [0.29, 0.717) is 17.7 Å². The maximum Gasteiger partial charge on any atom is 0.277 e. The lowest BCUT2D eigenvalue weighted by Crippen LogP contribution is -2.27. The number of halogens is 1. The molecule has 0 aliphatic heterocycles. The average molecular weight is 446 g/mol. The van der Waals surface area contributed by atoms with E-state index >= 15 is 0 Å². The van der Waals surface area contributed by atoms with Crippen LogP contribution in [0.4, 0.5) is 0 Å². The monoisotopic (exact) mass is 445 g/mol. The van der Waals surface area contributed by atoms with Gasteiger partial charge in [-0.25, -0.2) is 0 Å². The molecular weight excluding hydrogens is 426 g/mol. The second-order valence-electron chi connectivity index (χ2n) is 6.38. The van der Waals surface area contributed by atoms with Crippen molar-refractivity contribution in [3.8, 4) is 11.5 Å². The molecule has 3 aromatic rings. The molecule has 1 aromatic heterocycles. The number of carbonyl (C=O) groups is 1. The molecule has 5 nitrogen and oxygen atoms in total. The van der Waals surface area contributed by atoms with E-state index in [1.165, 1.54) is 11.8 Å². The number of benzene rings is 2. The van der Waals surface area contributed by atoms with Gasteiger partial charge in [-0.2, -0.15) is 0 Å². The molecule has 0 N–H and O–H groups in total. The van der Waals surface area contributed by atoms with E-state index in [-0.39, 0.29) is 11.7 Å². The Morgan fingerprint density at radius 2 is 1.85 bits per heavy atom. The van der Waals surface area contributed by atoms with Crippen LogP contribution in [0.15, 0.2) is 56.6 Å². The number of carbonyl (C=O) groups excluding carboxylic acids is 1. The van der Waals surface area contributed by atoms with E-state index in [1.54, 1.807) is 11.9 Å². The molecule has 0 radical (unpaired) electrons. The van der Waals surface area contributed by atoms with Gasteiger partial charge in [0, 0.05) is 23.6 Å². The van der Waals surface area contributed by atoms with Crippen LogP contribution in [-0.2, 0) is 11.3 Å². The van der Waals surface area contributed by atoms with Crippen molar-refractivity contribution >= 4 is 33.6 Å². The average Bonchev–Trinajstić information content (AvgIpc) is 3.10. The Labute approximate surface area is 171 Å². The molecule has 0 saturated heterocycles. The zero-order chi connectivity index (χ0) is 19.4. The van der Waals surface area contributed by atoms with Crippen LogP contribution in [0.5, 0.6) is 0 Å². The number of rotatable bonds is 6. The molecule has 3 rings (SSSR count). The summed E-state index contributed by atoms with van der Waals surface area (Å²) in [5.41, 5.74) is 4.24. The molecule has 0 aliphatic carbocycles. The standard InChI is InChI=1S/C20H20BrN3O2S/c1-13-8-14(2)10-16(9-13)19-22-23-20(26-19)27-12-18(25)24(3)11-15-6-4-5-7-17(15)21/h4-10H,11-12H2,1-3H3. The molecule has 0 aliphatic rings. The quantitative estimate of drug-likeness (QED) is 0.506. The third-order valence-corrected chi connectivity index (χ3v) is 5.56. The fraction of sp³-hybridized carbons (Fsp3) is 0.250. The Kier molecular flexibility index (Phi) is 6.34. The fourth-order valence-corrected chi connectivity index (χ4v) is 3.80. The molecule has 27 heavy (non-hydrogen) atoms. The normalized spacial score (nSPS) is 10.8. The van der Waals surface area contributed by atoms with Crippen molar-refractivity contribution in [1.82, 2.24) is 15.1 Å². The highest BCUT2D eigenvalue weighted by molar-refractivity contribution is 9.10. The second kappa shape index (κ2) is 8.71. The van der Waals surface area contributed by atoms with Crippen molar-refractivity contribution in [3.63, 3.8) is 0 Å². The maximum atomic E-state index is 12.4. The van der Waals surface area contributed by atoms with Gasteiger partial charge in [0.15, 0.2) is 0 Å². The van der Waals surface area contributed by atoms with E-state index in [4.69, 9.17) is 4.42 Å². The number of amides is 1. The molecule has 0 unspecified atom stereocenters. The summed E-state index contributed by atoms with van der Waals surface area (Å²) in [7, 11) is 1.79. The van der Waals surface area contributed by atoms with Crippen molar-refractivity contribution in [3.05, 3.63) is 63.6 Å².